The third kappa shape index (κ3) is 2.80. The van der Waals surface area contributed by atoms with E-state index < -0.39 is 0 Å². The summed E-state index contributed by atoms with van der Waals surface area (Å²) in [6.45, 7) is 2.04. The molecule has 1 saturated carbocycles. The van der Waals surface area contributed by atoms with Crippen LogP contribution in [0.2, 0.25) is 0 Å². The third-order valence-corrected chi connectivity index (χ3v) is 3.25. The number of ketones is 1. The van der Waals surface area contributed by atoms with Crippen molar-refractivity contribution in [2.45, 2.75) is 38.5 Å². The first kappa shape index (κ1) is 9.20. The van der Waals surface area contributed by atoms with E-state index in [4.69, 9.17) is 0 Å². The summed E-state index contributed by atoms with van der Waals surface area (Å²) in [7, 11) is 0. The van der Waals surface area contributed by atoms with Crippen molar-refractivity contribution in [3.05, 3.63) is 0 Å². The summed E-state index contributed by atoms with van der Waals surface area (Å²) < 4.78 is 0. The van der Waals surface area contributed by atoms with E-state index in [-0.39, 0.29) is 0 Å². The fourth-order valence-electron chi connectivity index (χ4n) is 2.08. The fraction of sp³-hybridized carbons (Fsp3) is 0.909. The molecule has 0 radical (unpaired) electrons. The second-order valence-electron chi connectivity index (χ2n) is 4.49. The fourth-order valence-corrected chi connectivity index (χ4v) is 2.08. The van der Waals surface area contributed by atoms with Gasteiger partial charge in [0, 0.05) is 18.9 Å². The molecular formula is C11H19NO. The summed E-state index contributed by atoms with van der Waals surface area (Å²) >= 11 is 0. The van der Waals surface area contributed by atoms with Gasteiger partial charge < -0.3 is 5.32 Å². The van der Waals surface area contributed by atoms with Crippen LogP contribution in [0.25, 0.3) is 0 Å². The number of Topliss-reactive ketones (excluding diaryl/α,β-unsaturated/α-hetero) is 1. The molecule has 2 aliphatic rings. The van der Waals surface area contributed by atoms with Crippen LogP contribution < -0.4 is 5.32 Å². The van der Waals surface area contributed by atoms with Gasteiger partial charge in [-0.2, -0.15) is 0 Å². The Kier molecular flexibility index (Phi) is 2.99. The van der Waals surface area contributed by atoms with Gasteiger partial charge in [0.15, 0.2) is 0 Å². The molecule has 2 fully saturated rings. The van der Waals surface area contributed by atoms with Gasteiger partial charge in [-0.25, -0.2) is 0 Å². The van der Waals surface area contributed by atoms with Gasteiger partial charge in [0.1, 0.15) is 5.78 Å². The van der Waals surface area contributed by atoms with Gasteiger partial charge in [-0.3, -0.25) is 4.79 Å². The minimum atomic E-state index is 0.340. The molecule has 74 valence electrons. The highest BCUT2D eigenvalue weighted by molar-refractivity contribution is 5.81. The van der Waals surface area contributed by atoms with Crippen LogP contribution in [0, 0.1) is 11.8 Å². The van der Waals surface area contributed by atoms with E-state index >= 15 is 0 Å². The lowest BCUT2D eigenvalue weighted by Crippen LogP contribution is -2.34. The number of rotatable bonds is 4. The molecule has 2 nitrogen and oxygen atoms in total. The zero-order valence-electron chi connectivity index (χ0n) is 8.22. The molecule has 1 atom stereocenters. The normalized spacial score (nSPS) is 28.8. The minimum Gasteiger partial charge on any atom is -0.316 e. The Hall–Kier alpha value is -0.370. The van der Waals surface area contributed by atoms with E-state index in [1.807, 2.05) is 0 Å². The summed E-state index contributed by atoms with van der Waals surface area (Å²) in [6.07, 6.45) is 7.05. The molecule has 2 rings (SSSR count). The van der Waals surface area contributed by atoms with Crippen LogP contribution in [-0.4, -0.2) is 18.9 Å². The van der Waals surface area contributed by atoms with Gasteiger partial charge in [-0.1, -0.05) is 12.8 Å². The average Bonchev–Trinajstić information content (AvgIpc) is 2.99. The Morgan fingerprint density at radius 1 is 1.31 bits per heavy atom. The molecular weight excluding hydrogens is 162 g/mol. The molecule has 13 heavy (non-hydrogen) atoms. The Morgan fingerprint density at radius 3 is 2.77 bits per heavy atom. The highest BCUT2D eigenvalue weighted by Gasteiger charge is 2.25. The van der Waals surface area contributed by atoms with E-state index in [1.165, 1.54) is 19.3 Å². The highest BCUT2D eigenvalue weighted by Crippen LogP contribution is 2.34. The van der Waals surface area contributed by atoms with Crippen LogP contribution in [0.5, 0.6) is 0 Å². The molecule has 1 unspecified atom stereocenters. The van der Waals surface area contributed by atoms with Crippen molar-refractivity contribution in [3.63, 3.8) is 0 Å². The maximum Gasteiger partial charge on any atom is 0.137 e. The smallest absolute Gasteiger partial charge is 0.137 e. The Bertz CT molecular complexity index is 181. The van der Waals surface area contributed by atoms with Crippen molar-refractivity contribution in [3.8, 4) is 0 Å². The first-order chi connectivity index (χ1) is 6.36. The second-order valence-corrected chi connectivity index (χ2v) is 4.49. The first-order valence-electron chi connectivity index (χ1n) is 5.59. The molecule has 1 N–H and O–H groups in total. The topological polar surface area (TPSA) is 29.1 Å². The molecule has 1 saturated heterocycles. The van der Waals surface area contributed by atoms with Crippen molar-refractivity contribution < 1.29 is 4.79 Å². The standard InChI is InChI=1S/C11H19NO/c13-11(6-5-9-3-4-9)10-2-1-7-12-8-10/h9-10,12H,1-8H2. The molecule has 1 aliphatic heterocycles. The highest BCUT2D eigenvalue weighted by atomic mass is 16.1. The lowest BCUT2D eigenvalue weighted by molar-refractivity contribution is -0.123. The number of hydrogen-bond acceptors (Lipinski definition) is 2. The summed E-state index contributed by atoms with van der Waals surface area (Å²) in [5.41, 5.74) is 0. The predicted octanol–water partition coefficient (Wildman–Crippen LogP) is 1.75. The first-order valence-corrected chi connectivity index (χ1v) is 5.59. The van der Waals surface area contributed by atoms with Crippen LogP contribution in [0.1, 0.15) is 38.5 Å². The van der Waals surface area contributed by atoms with Gasteiger partial charge in [-0.15, -0.1) is 0 Å². The Morgan fingerprint density at radius 2 is 2.15 bits per heavy atom. The molecule has 2 heteroatoms. The van der Waals surface area contributed by atoms with E-state index in [2.05, 4.69) is 5.32 Å². The maximum absolute atomic E-state index is 11.7. The molecule has 0 aromatic rings. The molecule has 0 aromatic heterocycles. The van der Waals surface area contributed by atoms with Gasteiger partial charge in [-0.05, 0) is 31.7 Å². The van der Waals surface area contributed by atoms with Crippen molar-refractivity contribution in [1.29, 1.82) is 0 Å². The summed E-state index contributed by atoms with van der Waals surface area (Å²) in [5, 5.41) is 3.30. The lowest BCUT2D eigenvalue weighted by Gasteiger charge is -2.21. The Balaban J connectivity index is 1.67. The monoisotopic (exact) mass is 181 g/mol. The average molecular weight is 181 g/mol. The molecule has 0 aromatic carbocycles. The van der Waals surface area contributed by atoms with Crippen molar-refractivity contribution >= 4 is 5.78 Å². The van der Waals surface area contributed by atoms with Gasteiger partial charge in [0.25, 0.3) is 0 Å². The van der Waals surface area contributed by atoms with Crippen LogP contribution >= 0.6 is 0 Å². The van der Waals surface area contributed by atoms with E-state index in [0.717, 1.165) is 38.3 Å². The van der Waals surface area contributed by atoms with Crippen LogP contribution in [0.15, 0.2) is 0 Å². The predicted molar refractivity (Wildman–Crippen MR) is 52.6 cm³/mol. The number of nitrogens with one attached hydrogen (secondary N) is 1. The van der Waals surface area contributed by atoms with Crippen LogP contribution in [0.4, 0.5) is 0 Å². The molecule has 0 bridgehead atoms. The number of carbonyl (C=O) groups excluding carboxylic acids is 1. The van der Waals surface area contributed by atoms with Gasteiger partial charge >= 0.3 is 0 Å². The lowest BCUT2D eigenvalue weighted by atomic mass is 9.92. The number of piperidine rings is 1. The molecule has 1 aliphatic carbocycles. The summed E-state index contributed by atoms with van der Waals surface area (Å²) in [6, 6.07) is 0. The molecule has 1 heterocycles. The maximum atomic E-state index is 11.7. The SMILES string of the molecule is O=C(CCC1CC1)C1CCCNC1. The quantitative estimate of drug-likeness (QED) is 0.716. The zero-order chi connectivity index (χ0) is 9.10. The van der Waals surface area contributed by atoms with E-state index in [9.17, 15) is 4.79 Å². The van der Waals surface area contributed by atoms with Gasteiger partial charge in [0.2, 0.25) is 0 Å². The van der Waals surface area contributed by atoms with Gasteiger partial charge in [0.05, 0.1) is 0 Å². The largest absolute Gasteiger partial charge is 0.316 e. The number of carbonyl (C=O) groups is 1. The third-order valence-electron chi connectivity index (χ3n) is 3.25. The summed E-state index contributed by atoms with van der Waals surface area (Å²) in [5.74, 6) is 1.76. The van der Waals surface area contributed by atoms with Crippen LogP contribution in [-0.2, 0) is 4.79 Å². The van der Waals surface area contributed by atoms with Crippen molar-refractivity contribution in [1.82, 2.24) is 5.32 Å². The van der Waals surface area contributed by atoms with Crippen molar-refractivity contribution in [2.24, 2.45) is 11.8 Å². The van der Waals surface area contributed by atoms with E-state index in [0.29, 0.717) is 11.7 Å². The minimum absolute atomic E-state index is 0.340. The molecule has 0 amide bonds. The summed E-state index contributed by atoms with van der Waals surface area (Å²) in [4.78, 5) is 11.7. The van der Waals surface area contributed by atoms with Crippen molar-refractivity contribution in [2.75, 3.05) is 13.1 Å². The van der Waals surface area contributed by atoms with E-state index in [1.54, 1.807) is 0 Å². The van der Waals surface area contributed by atoms with Crippen LogP contribution in [0.3, 0.4) is 0 Å². The second kappa shape index (κ2) is 4.23. The molecule has 0 spiro atoms. The Labute approximate surface area is 80.1 Å². The number of hydrogen-bond donors (Lipinski definition) is 1. The zero-order valence-corrected chi connectivity index (χ0v) is 8.22.